The predicted octanol–water partition coefficient (Wildman–Crippen LogP) is -0.148. The monoisotopic (exact) mass is 460 g/mol. The van der Waals surface area contributed by atoms with Crippen molar-refractivity contribution in [1.29, 1.82) is 0 Å². The average molecular weight is 460 g/mol. The van der Waals surface area contributed by atoms with Gasteiger partial charge in [-0.1, -0.05) is 36.4 Å². The molecule has 3 heterocycles. The largest absolute Gasteiger partial charge is 0.340 e. The van der Waals surface area contributed by atoms with Crippen LogP contribution in [-0.2, 0) is 19.2 Å². The molecule has 3 saturated heterocycles. The van der Waals surface area contributed by atoms with Gasteiger partial charge in [-0.3, -0.25) is 38.6 Å². The second-order valence-corrected chi connectivity index (χ2v) is 8.38. The third-order valence-electron chi connectivity index (χ3n) is 6.34. The number of fused-ring (bicyclic) bond motifs is 2. The number of rotatable bonds is 4. The molecule has 2 aromatic rings. The molecule has 0 spiro atoms. The molecule has 10 heteroatoms. The van der Waals surface area contributed by atoms with Gasteiger partial charge in [0.2, 0.25) is 0 Å². The number of hydrogen-bond donors (Lipinski definition) is 2. The summed E-state index contributed by atoms with van der Waals surface area (Å²) >= 11 is 0. The highest BCUT2D eigenvalue weighted by Gasteiger charge is 2.60. The lowest BCUT2D eigenvalue weighted by atomic mass is 10.0. The molecule has 5 rings (SSSR count). The Morgan fingerprint density at radius 1 is 0.588 bits per heavy atom. The van der Waals surface area contributed by atoms with Crippen molar-refractivity contribution in [2.24, 2.45) is 0 Å². The first kappa shape index (κ1) is 21.5. The number of amides is 6. The quantitative estimate of drug-likeness (QED) is 0.610. The third-order valence-corrected chi connectivity index (χ3v) is 6.34. The molecule has 3 aliphatic heterocycles. The Bertz CT molecular complexity index is 1120. The van der Waals surface area contributed by atoms with Crippen LogP contribution in [0.3, 0.4) is 0 Å². The Labute approximate surface area is 193 Å². The fraction of sp³-hybridized carbons (Fsp3) is 0.250. The van der Waals surface area contributed by atoms with Crippen molar-refractivity contribution in [3.63, 3.8) is 0 Å². The number of carbonyl (C=O) groups is 6. The zero-order valence-electron chi connectivity index (χ0n) is 17.8. The van der Waals surface area contributed by atoms with Gasteiger partial charge in [-0.15, -0.1) is 0 Å². The minimum absolute atomic E-state index is 0.125. The summed E-state index contributed by atoms with van der Waals surface area (Å²) in [7, 11) is 0. The number of piperazine rings is 1. The minimum Gasteiger partial charge on any atom is -0.340 e. The fourth-order valence-electron chi connectivity index (χ4n) is 4.67. The molecule has 2 N–H and O–H groups in total. The summed E-state index contributed by atoms with van der Waals surface area (Å²) in [5.74, 6) is -3.74. The van der Waals surface area contributed by atoms with Gasteiger partial charge in [0.25, 0.3) is 35.4 Å². The molecule has 3 aliphatic rings. The Morgan fingerprint density at radius 2 is 0.941 bits per heavy atom. The zero-order valence-corrected chi connectivity index (χ0v) is 17.8. The van der Waals surface area contributed by atoms with Gasteiger partial charge in [0.1, 0.15) is 24.2 Å². The molecular weight excluding hydrogens is 440 g/mol. The second-order valence-electron chi connectivity index (χ2n) is 8.38. The summed E-state index contributed by atoms with van der Waals surface area (Å²) in [5.41, 5.74) is 0.677. The minimum atomic E-state index is -1.18. The highest BCUT2D eigenvalue weighted by molar-refractivity contribution is 6.17. The van der Waals surface area contributed by atoms with Gasteiger partial charge in [0.15, 0.2) is 0 Å². The van der Waals surface area contributed by atoms with E-state index >= 15 is 0 Å². The van der Waals surface area contributed by atoms with Gasteiger partial charge in [0, 0.05) is 24.0 Å². The Hall–Kier alpha value is -4.34. The maximum Gasteiger partial charge on any atom is 0.253 e. The molecule has 6 amide bonds. The highest BCUT2D eigenvalue weighted by Crippen LogP contribution is 2.34. The van der Waals surface area contributed by atoms with Crippen LogP contribution < -0.4 is 10.6 Å². The van der Waals surface area contributed by atoms with Crippen molar-refractivity contribution in [2.45, 2.75) is 37.0 Å². The van der Waals surface area contributed by atoms with Crippen LogP contribution in [0.1, 0.15) is 33.6 Å². The van der Waals surface area contributed by atoms with Crippen molar-refractivity contribution in [1.82, 2.24) is 20.4 Å². The van der Waals surface area contributed by atoms with Crippen LogP contribution in [0, 0.1) is 0 Å². The molecule has 0 radical (unpaired) electrons. The molecule has 0 unspecified atom stereocenters. The highest BCUT2D eigenvalue weighted by atomic mass is 16.2. The Kier molecular flexibility index (Phi) is 5.20. The Balaban J connectivity index is 1.31. The number of imide groups is 2. The fourth-order valence-corrected chi connectivity index (χ4v) is 4.67. The number of nitrogens with zero attached hydrogens (tertiary/aromatic N) is 2. The molecule has 172 valence electrons. The first-order valence-electron chi connectivity index (χ1n) is 10.8. The molecule has 0 saturated carbocycles. The third kappa shape index (κ3) is 3.43. The van der Waals surface area contributed by atoms with Gasteiger partial charge in [-0.05, 0) is 24.3 Å². The summed E-state index contributed by atoms with van der Waals surface area (Å²) in [4.78, 5) is 78.8. The van der Waals surface area contributed by atoms with E-state index < -0.39 is 59.6 Å². The van der Waals surface area contributed by atoms with Crippen molar-refractivity contribution in [3.05, 3.63) is 71.8 Å². The van der Waals surface area contributed by atoms with Gasteiger partial charge in [0.05, 0.1) is 0 Å². The normalized spacial score (nSPS) is 25.8. The molecule has 0 aliphatic carbocycles. The van der Waals surface area contributed by atoms with E-state index in [4.69, 9.17) is 0 Å². The standard InChI is InChI=1S/C24H20N4O6/c29-19(13-7-3-1-4-8-13)25-15-11-17-23(33)28-18(24(34)27(17)21(15)31)12-16(22(28)32)26-20(30)14-9-5-2-6-10-14/h1-10,15-18H,11-12H2,(H,25,29)(H,26,30)/t15-,16-,17-,18-/m0/s1. The van der Waals surface area contributed by atoms with E-state index in [-0.39, 0.29) is 12.8 Å². The summed E-state index contributed by atoms with van der Waals surface area (Å²) in [6.45, 7) is 0. The van der Waals surface area contributed by atoms with Crippen LogP contribution in [0.5, 0.6) is 0 Å². The summed E-state index contributed by atoms with van der Waals surface area (Å²) in [6.07, 6.45) is -0.251. The molecule has 0 aromatic heterocycles. The summed E-state index contributed by atoms with van der Waals surface area (Å²) in [5, 5.41) is 5.15. The molecule has 10 nitrogen and oxygen atoms in total. The van der Waals surface area contributed by atoms with Crippen LogP contribution in [-0.4, -0.2) is 69.4 Å². The summed E-state index contributed by atoms with van der Waals surface area (Å²) < 4.78 is 0. The van der Waals surface area contributed by atoms with E-state index in [1.807, 2.05) is 0 Å². The van der Waals surface area contributed by atoms with E-state index in [1.165, 1.54) is 0 Å². The lowest BCUT2D eigenvalue weighted by molar-refractivity contribution is -0.166. The second kappa shape index (κ2) is 8.22. The number of benzene rings is 2. The van der Waals surface area contributed by atoms with E-state index in [0.29, 0.717) is 11.1 Å². The molecular formula is C24H20N4O6. The van der Waals surface area contributed by atoms with Crippen LogP contribution >= 0.6 is 0 Å². The summed E-state index contributed by atoms with van der Waals surface area (Å²) in [6, 6.07) is 12.0. The molecule has 0 bridgehead atoms. The van der Waals surface area contributed by atoms with Crippen LogP contribution in [0.2, 0.25) is 0 Å². The van der Waals surface area contributed by atoms with Crippen molar-refractivity contribution in [2.75, 3.05) is 0 Å². The van der Waals surface area contributed by atoms with E-state index in [2.05, 4.69) is 10.6 Å². The van der Waals surface area contributed by atoms with E-state index in [9.17, 15) is 28.8 Å². The Morgan fingerprint density at radius 3 is 1.29 bits per heavy atom. The maximum absolute atomic E-state index is 13.1. The van der Waals surface area contributed by atoms with Crippen molar-refractivity contribution < 1.29 is 28.8 Å². The van der Waals surface area contributed by atoms with E-state index in [0.717, 1.165) is 9.80 Å². The molecule has 3 fully saturated rings. The molecule has 4 atom stereocenters. The first-order valence-corrected chi connectivity index (χ1v) is 10.8. The van der Waals surface area contributed by atoms with Gasteiger partial charge < -0.3 is 10.6 Å². The van der Waals surface area contributed by atoms with E-state index in [1.54, 1.807) is 60.7 Å². The van der Waals surface area contributed by atoms with Gasteiger partial charge in [-0.2, -0.15) is 0 Å². The van der Waals surface area contributed by atoms with Crippen LogP contribution in [0.15, 0.2) is 60.7 Å². The topological polar surface area (TPSA) is 133 Å². The predicted molar refractivity (Wildman–Crippen MR) is 116 cm³/mol. The maximum atomic E-state index is 13.1. The van der Waals surface area contributed by atoms with Crippen molar-refractivity contribution in [3.8, 4) is 0 Å². The average Bonchev–Trinajstić information content (AvgIpc) is 3.36. The molecule has 2 aromatic carbocycles. The van der Waals surface area contributed by atoms with Gasteiger partial charge >= 0.3 is 0 Å². The van der Waals surface area contributed by atoms with Crippen LogP contribution in [0.25, 0.3) is 0 Å². The number of hydrogen-bond acceptors (Lipinski definition) is 6. The van der Waals surface area contributed by atoms with Crippen LogP contribution in [0.4, 0.5) is 0 Å². The number of nitrogens with one attached hydrogen (secondary N) is 2. The molecule has 34 heavy (non-hydrogen) atoms. The smallest absolute Gasteiger partial charge is 0.253 e. The SMILES string of the molecule is O=C(N[C@H]1C[C@H]2C(=O)N3C(=O)[C@@H](NC(=O)c4ccccc4)C[C@H]3C(=O)N2C1=O)c1ccccc1. The lowest BCUT2D eigenvalue weighted by Gasteiger charge is -2.35. The first-order chi connectivity index (χ1) is 16.4. The number of carbonyl (C=O) groups excluding carboxylic acids is 6. The lowest BCUT2D eigenvalue weighted by Crippen LogP contribution is -2.62. The zero-order chi connectivity index (χ0) is 24.0. The van der Waals surface area contributed by atoms with Gasteiger partial charge in [-0.25, -0.2) is 0 Å². The van der Waals surface area contributed by atoms with Crippen molar-refractivity contribution >= 4 is 35.4 Å².